The number of carboxylic acid groups (broad SMARTS) is 1. The summed E-state index contributed by atoms with van der Waals surface area (Å²) in [5.74, 6) is -0.695. The van der Waals surface area contributed by atoms with Crippen molar-refractivity contribution >= 4 is 50.7 Å². The summed E-state index contributed by atoms with van der Waals surface area (Å²) in [5.41, 5.74) is 0.0411. The first-order chi connectivity index (χ1) is 8.59. The van der Waals surface area contributed by atoms with Gasteiger partial charge >= 0.3 is 5.97 Å². The Morgan fingerprint density at radius 1 is 1.56 bits per heavy atom. The molecule has 0 saturated heterocycles. The summed E-state index contributed by atoms with van der Waals surface area (Å²) < 4.78 is 1.01. The minimum absolute atomic E-state index is 0.0411. The Labute approximate surface area is 121 Å². The average Bonchev–Trinajstić information content (AvgIpc) is 2.73. The second-order valence-electron chi connectivity index (χ2n) is 3.37. The Bertz CT molecular complexity index is 588. The molecule has 2 aromatic heterocycles. The van der Waals surface area contributed by atoms with Gasteiger partial charge in [-0.25, -0.2) is 9.78 Å². The minimum atomic E-state index is -1.07. The third kappa shape index (κ3) is 2.82. The maximum Gasteiger partial charge on any atom is 0.337 e. The molecule has 0 aliphatic rings. The largest absolute Gasteiger partial charge is 0.478 e. The minimum Gasteiger partial charge on any atom is -0.478 e. The van der Waals surface area contributed by atoms with E-state index in [1.165, 1.54) is 12.3 Å². The lowest BCUT2D eigenvalue weighted by Gasteiger charge is -2.08. The van der Waals surface area contributed by atoms with Crippen molar-refractivity contribution < 1.29 is 9.90 Å². The number of carbonyl (C=O) groups is 1. The summed E-state index contributed by atoms with van der Waals surface area (Å²) in [7, 11) is 0. The van der Waals surface area contributed by atoms with Gasteiger partial charge in [0.2, 0.25) is 0 Å². The van der Waals surface area contributed by atoms with Gasteiger partial charge in [-0.2, -0.15) is 0 Å². The third-order valence-corrected chi connectivity index (χ3v) is 4.54. The highest BCUT2D eigenvalue weighted by Crippen LogP contribution is 2.27. The van der Waals surface area contributed by atoms with Gasteiger partial charge in [0.15, 0.2) is 0 Å². The molecule has 0 aromatic carbocycles. The van der Waals surface area contributed by atoms with E-state index in [9.17, 15) is 4.79 Å². The van der Waals surface area contributed by atoms with E-state index in [0.29, 0.717) is 12.4 Å². The van der Waals surface area contributed by atoms with E-state index in [2.05, 4.69) is 26.2 Å². The maximum atomic E-state index is 10.9. The Kier molecular flexibility index (Phi) is 4.21. The van der Waals surface area contributed by atoms with Gasteiger partial charge in [0.25, 0.3) is 0 Å². The number of thiophene rings is 1. The highest BCUT2D eigenvalue weighted by molar-refractivity contribution is 9.10. The quantitative estimate of drug-likeness (QED) is 0.881. The fourth-order valence-electron chi connectivity index (χ4n) is 1.35. The molecule has 0 aliphatic heterocycles. The van der Waals surface area contributed by atoms with Crippen LogP contribution in [0.2, 0.25) is 5.02 Å². The number of nitrogens with zero attached hydrogens (tertiary/aromatic N) is 1. The molecular weight excluding hydrogens is 340 g/mol. The molecule has 0 bridgehead atoms. The second kappa shape index (κ2) is 5.69. The molecule has 0 atom stereocenters. The molecule has 7 heteroatoms. The molecule has 0 spiro atoms. The molecule has 4 nitrogen and oxygen atoms in total. The molecule has 2 aromatic rings. The highest BCUT2D eigenvalue weighted by atomic mass is 79.9. The first kappa shape index (κ1) is 13.3. The average molecular weight is 348 g/mol. The van der Waals surface area contributed by atoms with Gasteiger partial charge in [-0.15, -0.1) is 11.3 Å². The standard InChI is InChI=1S/C11H8BrClN2O2S/c12-7-2-4-18-8(7)5-15-10-9(13)6(11(16)17)1-3-14-10/h1-4H,5H2,(H,14,15)(H,16,17). The monoisotopic (exact) mass is 346 g/mol. The van der Waals surface area contributed by atoms with Crippen molar-refractivity contribution in [1.29, 1.82) is 0 Å². The zero-order valence-corrected chi connectivity index (χ0v) is 12.1. The van der Waals surface area contributed by atoms with Crippen LogP contribution in [0.4, 0.5) is 5.82 Å². The topological polar surface area (TPSA) is 62.2 Å². The van der Waals surface area contributed by atoms with Crippen LogP contribution in [0.5, 0.6) is 0 Å². The Balaban J connectivity index is 2.17. The van der Waals surface area contributed by atoms with Gasteiger partial charge < -0.3 is 10.4 Å². The van der Waals surface area contributed by atoms with E-state index in [-0.39, 0.29) is 10.6 Å². The van der Waals surface area contributed by atoms with E-state index in [1.54, 1.807) is 11.3 Å². The Morgan fingerprint density at radius 2 is 2.33 bits per heavy atom. The summed E-state index contributed by atoms with van der Waals surface area (Å²) in [6.07, 6.45) is 1.42. The molecule has 0 aliphatic carbocycles. The highest BCUT2D eigenvalue weighted by Gasteiger charge is 2.13. The van der Waals surface area contributed by atoms with E-state index < -0.39 is 5.97 Å². The predicted molar refractivity (Wildman–Crippen MR) is 75.6 cm³/mol. The molecular formula is C11H8BrClN2O2S. The molecule has 0 saturated carbocycles. The molecule has 2 N–H and O–H groups in total. The lowest BCUT2D eigenvalue weighted by Crippen LogP contribution is -2.05. The van der Waals surface area contributed by atoms with Crippen LogP contribution in [0.15, 0.2) is 28.2 Å². The summed E-state index contributed by atoms with van der Waals surface area (Å²) in [6, 6.07) is 3.32. The van der Waals surface area contributed by atoms with Crippen LogP contribution in [-0.4, -0.2) is 16.1 Å². The Morgan fingerprint density at radius 3 is 2.94 bits per heavy atom. The summed E-state index contributed by atoms with van der Waals surface area (Å²) >= 11 is 11.0. The number of hydrogen-bond acceptors (Lipinski definition) is 4. The van der Waals surface area contributed by atoms with Gasteiger partial charge in [0.1, 0.15) is 5.82 Å². The smallest absolute Gasteiger partial charge is 0.337 e. The number of hydrogen-bond donors (Lipinski definition) is 2. The first-order valence-electron chi connectivity index (χ1n) is 4.93. The van der Waals surface area contributed by atoms with Crippen LogP contribution in [0, 0.1) is 0 Å². The number of aromatic carboxylic acids is 1. The van der Waals surface area contributed by atoms with Crippen molar-refractivity contribution in [3.63, 3.8) is 0 Å². The second-order valence-corrected chi connectivity index (χ2v) is 5.60. The number of pyridine rings is 1. The maximum absolute atomic E-state index is 10.9. The predicted octanol–water partition coefficient (Wildman–Crippen LogP) is 3.87. The zero-order valence-electron chi connectivity index (χ0n) is 8.98. The van der Waals surface area contributed by atoms with Gasteiger partial charge in [-0.05, 0) is 33.4 Å². The third-order valence-electron chi connectivity index (χ3n) is 2.23. The lowest BCUT2D eigenvalue weighted by atomic mass is 10.2. The van der Waals surface area contributed by atoms with Gasteiger partial charge in [-0.1, -0.05) is 11.6 Å². The van der Waals surface area contributed by atoms with Crippen LogP contribution >= 0.6 is 38.9 Å². The fraction of sp³-hybridized carbons (Fsp3) is 0.0909. The zero-order chi connectivity index (χ0) is 13.1. The normalized spacial score (nSPS) is 10.3. The van der Waals surface area contributed by atoms with Crippen molar-refractivity contribution in [3.8, 4) is 0 Å². The molecule has 2 rings (SSSR count). The van der Waals surface area contributed by atoms with Gasteiger partial charge in [0, 0.05) is 15.5 Å². The van der Waals surface area contributed by atoms with Gasteiger partial charge in [0.05, 0.1) is 17.1 Å². The molecule has 18 heavy (non-hydrogen) atoms. The van der Waals surface area contributed by atoms with Crippen LogP contribution in [0.1, 0.15) is 15.2 Å². The number of anilines is 1. The summed E-state index contributed by atoms with van der Waals surface area (Å²) in [6.45, 7) is 0.536. The lowest BCUT2D eigenvalue weighted by molar-refractivity contribution is 0.0697. The molecule has 94 valence electrons. The van der Waals surface area contributed by atoms with Crippen LogP contribution in [0.3, 0.4) is 0 Å². The van der Waals surface area contributed by atoms with Crippen molar-refractivity contribution in [2.75, 3.05) is 5.32 Å². The number of carboxylic acids is 1. The molecule has 2 heterocycles. The van der Waals surface area contributed by atoms with Crippen molar-refractivity contribution in [2.24, 2.45) is 0 Å². The van der Waals surface area contributed by atoms with Crippen molar-refractivity contribution in [3.05, 3.63) is 43.6 Å². The first-order valence-corrected chi connectivity index (χ1v) is 6.98. The molecule has 0 unspecified atom stereocenters. The van der Waals surface area contributed by atoms with Crippen molar-refractivity contribution in [1.82, 2.24) is 4.98 Å². The molecule has 0 fully saturated rings. The van der Waals surface area contributed by atoms with E-state index >= 15 is 0 Å². The van der Waals surface area contributed by atoms with Crippen LogP contribution in [-0.2, 0) is 6.54 Å². The number of halogens is 2. The summed E-state index contributed by atoms with van der Waals surface area (Å²) in [4.78, 5) is 16.0. The molecule has 0 radical (unpaired) electrons. The van der Waals surface area contributed by atoms with E-state index in [4.69, 9.17) is 16.7 Å². The number of aromatic nitrogens is 1. The Hall–Kier alpha value is -1.11. The van der Waals surface area contributed by atoms with Gasteiger partial charge in [-0.3, -0.25) is 0 Å². The number of nitrogens with one attached hydrogen (secondary N) is 1. The van der Waals surface area contributed by atoms with E-state index in [1.807, 2.05) is 11.4 Å². The van der Waals surface area contributed by atoms with Crippen molar-refractivity contribution in [2.45, 2.75) is 6.54 Å². The summed E-state index contributed by atoms with van der Waals surface area (Å²) in [5, 5.41) is 14.1. The SMILES string of the molecule is O=C(O)c1ccnc(NCc2sccc2Br)c1Cl. The van der Waals surface area contributed by atoms with Crippen LogP contribution < -0.4 is 5.32 Å². The van der Waals surface area contributed by atoms with E-state index in [0.717, 1.165) is 9.35 Å². The van der Waals surface area contributed by atoms with Crippen LogP contribution in [0.25, 0.3) is 0 Å². The molecule has 0 amide bonds. The number of rotatable bonds is 4. The fourth-order valence-corrected chi connectivity index (χ4v) is 3.04.